The molecule has 0 unspecified atom stereocenters. The minimum absolute atomic E-state index is 0. The van der Waals surface area contributed by atoms with Crippen molar-refractivity contribution in [3.05, 3.63) is 0 Å². The minimum atomic E-state index is 0. The van der Waals surface area contributed by atoms with Gasteiger partial charge in [-0.05, 0) is 0 Å². The van der Waals surface area contributed by atoms with Gasteiger partial charge in [0, 0.05) is 0 Å². The Morgan fingerprint density at radius 2 is 1.50 bits per heavy atom. The Hall–Kier alpha value is 1.81. The van der Waals surface area contributed by atoms with E-state index in [0.29, 0.717) is 0 Å². The molecule has 0 fully saturated rings. The summed E-state index contributed by atoms with van der Waals surface area (Å²) in [6.07, 6.45) is 0. The predicted octanol–water partition coefficient (Wildman–Crippen LogP) is -1.84. The average Bonchev–Trinajstić information content (AvgIpc) is 1.00. The van der Waals surface area contributed by atoms with Crippen molar-refractivity contribution in [2.45, 2.75) is 0 Å². The molecule has 0 N–H and O–H groups in total. The van der Waals surface area contributed by atoms with Crippen LogP contribution in [-0.2, 0) is 4.46 Å². The van der Waals surface area contributed by atoms with Crippen LogP contribution in [0.5, 0.6) is 0 Å². The van der Waals surface area contributed by atoms with Crippen molar-refractivity contribution in [2.75, 3.05) is 0 Å². The zero-order valence-electron chi connectivity index (χ0n) is 3.62. The average molecular weight is 116 g/mol. The van der Waals surface area contributed by atoms with E-state index in [9.17, 15) is 0 Å². The van der Waals surface area contributed by atoms with Crippen LogP contribution in [0.1, 0.15) is 2.85 Å². The Morgan fingerprint density at radius 3 is 1.50 bits per heavy atom. The van der Waals surface area contributed by atoms with Gasteiger partial charge in [-0.15, -0.1) is 0 Å². The second-order valence-corrected chi connectivity index (χ2v) is 0. The predicted molar refractivity (Wildman–Crippen MR) is 24.4 cm³/mol. The molecule has 0 heterocycles. The molecule has 0 bridgehead atoms. The standard InChI is InChI=1S/Al.Ca.OSi.5H/c;;1-2;;;;;/q;+2;;;;;2*-1. The molecule has 0 saturated carbocycles. The Morgan fingerprint density at radius 1 is 1.50 bits per heavy atom. The van der Waals surface area contributed by atoms with Gasteiger partial charge < -0.3 is 7.32 Å². The Balaban J connectivity index is -0.000000000833. The van der Waals surface area contributed by atoms with Crippen LogP contribution in [0.2, 0.25) is 0 Å². The smallest absolute Gasteiger partial charge is 1.00 e. The van der Waals surface area contributed by atoms with Crippen molar-refractivity contribution in [2.24, 2.45) is 0 Å². The van der Waals surface area contributed by atoms with Crippen molar-refractivity contribution in [3.8, 4) is 0 Å². The molecule has 4 heteroatoms. The van der Waals surface area contributed by atoms with Gasteiger partial charge in [-0.1, -0.05) is 0 Å². The Kier molecular flexibility index (Phi) is 90.7. The van der Waals surface area contributed by atoms with Gasteiger partial charge in [0.05, 0.1) is 0 Å². The quantitative estimate of drug-likeness (QED) is 0.340. The third-order valence-electron chi connectivity index (χ3n) is 0. The molecule has 0 amide bonds. The van der Waals surface area contributed by atoms with Crippen LogP contribution in [0.25, 0.3) is 0 Å². The largest absolute Gasteiger partial charge is 2.00 e. The molecule has 1 nitrogen and oxygen atoms in total. The summed E-state index contributed by atoms with van der Waals surface area (Å²) in [5, 5.41) is 0. The summed E-state index contributed by atoms with van der Waals surface area (Å²) < 4.78 is 8.06. The third kappa shape index (κ3) is 9.18. The molecule has 0 atom stereocenters. The first-order chi connectivity index (χ1) is 1.00. The fourth-order valence-corrected chi connectivity index (χ4v) is 0. The molecule has 0 aliphatic carbocycles. The molecule has 0 saturated heterocycles. The fourth-order valence-electron chi connectivity index (χ4n) is 0. The maximum Gasteiger partial charge on any atom is 2.00 e. The molecule has 0 rings (SSSR count). The Labute approximate surface area is 71.7 Å². The fraction of sp³-hybridized carbons (Fsp3) is 0. The summed E-state index contributed by atoms with van der Waals surface area (Å²) in [7, 11) is 1.72. The van der Waals surface area contributed by atoms with E-state index in [1.54, 1.807) is 10.1 Å². The summed E-state index contributed by atoms with van der Waals surface area (Å²) in [4.78, 5) is 0. The SMILES string of the molecule is O=[Si].[AlH3].[Ca+2].[H-].[H-]. The van der Waals surface area contributed by atoms with E-state index in [4.69, 9.17) is 4.46 Å². The topological polar surface area (TPSA) is 17.1 Å². The molecular weight excluding hydrogens is 111 g/mol. The molecule has 0 aromatic heterocycles. The maximum atomic E-state index is 8.06. The molecular formula is H5AlCaOSi. The number of rotatable bonds is 0. The Bertz CT molecular complexity index is 13.5. The molecule has 0 aromatic carbocycles. The molecule has 0 aliphatic rings. The van der Waals surface area contributed by atoms with Gasteiger partial charge in [0.1, 0.15) is 0 Å². The maximum absolute atomic E-state index is 8.06. The first-order valence-corrected chi connectivity index (χ1v) is 0.612. The summed E-state index contributed by atoms with van der Waals surface area (Å²) in [6, 6.07) is 0. The minimum Gasteiger partial charge on any atom is -1.00 e. The van der Waals surface area contributed by atoms with Crippen LogP contribution < -0.4 is 0 Å². The molecule has 0 spiro atoms. The van der Waals surface area contributed by atoms with E-state index in [1.165, 1.54) is 0 Å². The molecule has 4 heavy (non-hydrogen) atoms. The molecule has 0 aromatic rings. The van der Waals surface area contributed by atoms with Crippen LogP contribution in [0.3, 0.4) is 0 Å². The second-order valence-electron chi connectivity index (χ2n) is 0. The van der Waals surface area contributed by atoms with Gasteiger partial charge in [-0.2, -0.15) is 0 Å². The first kappa shape index (κ1) is 17.0. The van der Waals surface area contributed by atoms with Gasteiger partial charge in [-0.3, -0.25) is 0 Å². The van der Waals surface area contributed by atoms with E-state index in [0.717, 1.165) is 0 Å². The van der Waals surface area contributed by atoms with Crippen molar-refractivity contribution >= 4 is 65.2 Å². The van der Waals surface area contributed by atoms with Gasteiger partial charge in [0.2, 0.25) is 0 Å². The number of hydrogen-bond donors (Lipinski definition) is 0. The second kappa shape index (κ2) is 21.3. The third-order valence-corrected chi connectivity index (χ3v) is 0. The van der Waals surface area contributed by atoms with Crippen molar-refractivity contribution in [3.63, 3.8) is 0 Å². The van der Waals surface area contributed by atoms with Crippen LogP contribution in [0, 0.1) is 0 Å². The summed E-state index contributed by atoms with van der Waals surface area (Å²) in [5.74, 6) is 0. The van der Waals surface area contributed by atoms with Crippen molar-refractivity contribution in [1.29, 1.82) is 0 Å². The van der Waals surface area contributed by atoms with Crippen molar-refractivity contribution < 1.29 is 7.32 Å². The normalized spacial score (nSPS) is 1.00. The number of hydrogen-bond acceptors (Lipinski definition) is 1. The van der Waals surface area contributed by atoms with Crippen LogP contribution in [-0.4, -0.2) is 65.2 Å². The monoisotopic (exact) mass is 116 g/mol. The molecule has 0 aliphatic heterocycles. The van der Waals surface area contributed by atoms with E-state index in [1.807, 2.05) is 0 Å². The van der Waals surface area contributed by atoms with Crippen LogP contribution >= 0.6 is 0 Å². The van der Waals surface area contributed by atoms with E-state index >= 15 is 0 Å². The molecule has 20 valence electrons. The summed E-state index contributed by atoms with van der Waals surface area (Å²) >= 11 is 0. The summed E-state index contributed by atoms with van der Waals surface area (Å²) in [5.41, 5.74) is 0. The van der Waals surface area contributed by atoms with Gasteiger partial charge in [-0.25, -0.2) is 0 Å². The zero-order chi connectivity index (χ0) is 2.00. The van der Waals surface area contributed by atoms with Crippen molar-refractivity contribution in [1.82, 2.24) is 0 Å². The summed E-state index contributed by atoms with van der Waals surface area (Å²) in [6.45, 7) is 0. The molecule has 2 radical (unpaired) electrons. The zero-order valence-corrected chi connectivity index (χ0v) is 4.82. The van der Waals surface area contributed by atoms with E-state index in [-0.39, 0.29) is 58.0 Å². The van der Waals surface area contributed by atoms with Crippen LogP contribution in [0.4, 0.5) is 0 Å². The van der Waals surface area contributed by atoms with E-state index in [2.05, 4.69) is 0 Å². The first-order valence-electron chi connectivity index (χ1n) is 0.204. The van der Waals surface area contributed by atoms with Gasteiger partial charge >= 0.3 is 47.9 Å². The van der Waals surface area contributed by atoms with Crippen LogP contribution in [0.15, 0.2) is 0 Å². The van der Waals surface area contributed by atoms with Gasteiger partial charge in [0.15, 0.2) is 17.4 Å². The van der Waals surface area contributed by atoms with Gasteiger partial charge in [0.25, 0.3) is 0 Å². The van der Waals surface area contributed by atoms with E-state index < -0.39 is 0 Å².